The van der Waals surface area contributed by atoms with E-state index in [2.05, 4.69) is 14.8 Å². The van der Waals surface area contributed by atoms with Gasteiger partial charge in [-0.15, -0.1) is 0 Å². The first-order chi connectivity index (χ1) is 15.5. The Bertz CT molecular complexity index is 1280. The van der Waals surface area contributed by atoms with Crippen molar-refractivity contribution in [3.63, 3.8) is 0 Å². The zero-order chi connectivity index (χ0) is 24.2. The molecule has 0 saturated heterocycles. The number of nitrogens with one attached hydrogen (secondary N) is 2. The average molecular weight is 485 g/mol. The van der Waals surface area contributed by atoms with Gasteiger partial charge in [-0.2, -0.15) is 31.4 Å². The van der Waals surface area contributed by atoms with E-state index >= 15 is 0 Å². The highest BCUT2D eigenvalue weighted by atomic mass is 32.2. The van der Waals surface area contributed by atoms with Crippen LogP contribution in [-0.4, -0.2) is 40.2 Å². The number of pyridine rings is 1. The summed E-state index contributed by atoms with van der Waals surface area (Å²) in [6.07, 6.45) is 2.13. The lowest BCUT2D eigenvalue weighted by molar-refractivity contribution is -0.141. The molecule has 0 aliphatic heterocycles. The molecule has 0 spiro atoms. The van der Waals surface area contributed by atoms with Gasteiger partial charge in [0.15, 0.2) is 5.69 Å². The van der Waals surface area contributed by atoms with Crippen molar-refractivity contribution in [3.8, 4) is 5.82 Å². The number of alkyl halides is 3. The zero-order valence-corrected chi connectivity index (χ0v) is 18.7. The first-order valence-electron chi connectivity index (χ1n) is 10.1. The Labute approximate surface area is 188 Å². The topological polar surface area (TPSA) is 111 Å². The molecule has 3 aromatic heterocycles. The van der Waals surface area contributed by atoms with Crippen LogP contribution in [0.1, 0.15) is 37.4 Å². The van der Waals surface area contributed by atoms with Gasteiger partial charge in [0.25, 0.3) is 5.91 Å². The highest BCUT2D eigenvalue weighted by Crippen LogP contribution is 2.35. The number of amides is 1. The second kappa shape index (κ2) is 9.75. The summed E-state index contributed by atoms with van der Waals surface area (Å²) in [5.74, 6) is -1.09. The SMILES string of the molecule is CCCCCNS(=O)(=O)NC(=O)C=Cc1c(C(F)(F)F)nn(C)c1-n1ccc2cccnc21. The van der Waals surface area contributed by atoms with E-state index in [-0.39, 0.29) is 12.4 Å². The monoisotopic (exact) mass is 484 g/mol. The van der Waals surface area contributed by atoms with Gasteiger partial charge in [0.2, 0.25) is 0 Å². The lowest BCUT2D eigenvalue weighted by Crippen LogP contribution is -2.39. The molecular weight excluding hydrogens is 461 g/mol. The molecule has 0 radical (unpaired) electrons. The molecule has 0 aliphatic carbocycles. The van der Waals surface area contributed by atoms with Crippen molar-refractivity contribution in [2.75, 3.05) is 6.54 Å². The van der Waals surface area contributed by atoms with Crippen LogP contribution in [0.5, 0.6) is 0 Å². The van der Waals surface area contributed by atoms with E-state index in [0.717, 1.165) is 29.7 Å². The van der Waals surface area contributed by atoms with E-state index in [4.69, 9.17) is 0 Å². The van der Waals surface area contributed by atoms with Crippen molar-refractivity contribution in [1.82, 2.24) is 28.8 Å². The summed E-state index contributed by atoms with van der Waals surface area (Å²) in [5.41, 5.74) is -1.23. The van der Waals surface area contributed by atoms with Gasteiger partial charge >= 0.3 is 16.4 Å². The number of hydrogen-bond donors (Lipinski definition) is 2. The molecule has 3 aromatic rings. The molecule has 13 heteroatoms. The lowest BCUT2D eigenvalue weighted by Gasteiger charge is -2.08. The summed E-state index contributed by atoms with van der Waals surface area (Å²) < 4.78 is 71.3. The predicted molar refractivity (Wildman–Crippen MR) is 116 cm³/mol. The van der Waals surface area contributed by atoms with Crippen LogP contribution in [0.25, 0.3) is 22.9 Å². The third-order valence-corrected chi connectivity index (χ3v) is 5.76. The minimum absolute atomic E-state index is 0.0145. The first-order valence-corrected chi connectivity index (χ1v) is 11.6. The molecule has 0 bridgehead atoms. The van der Waals surface area contributed by atoms with Crippen LogP contribution in [0, 0.1) is 0 Å². The zero-order valence-electron chi connectivity index (χ0n) is 17.9. The molecule has 0 aromatic carbocycles. The number of fused-ring (bicyclic) bond motifs is 1. The smallest absolute Gasteiger partial charge is 0.285 e. The van der Waals surface area contributed by atoms with Crippen molar-refractivity contribution in [2.24, 2.45) is 7.05 Å². The van der Waals surface area contributed by atoms with Gasteiger partial charge in [0.1, 0.15) is 11.5 Å². The van der Waals surface area contributed by atoms with Gasteiger partial charge in [-0.25, -0.2) is 9.71 Å². The summed E-state index contributed by atoms with van der Waals surface area (Å²) in [6, 6.07) is 5.12. The van der Waals surface area contributed by atoms with E-state index in [1.807, 2.05) is 6.92 Å². The molecule has 0 fully saturated rings. The summed E-state index contributed by atoms with van der Waals surface area (Å²) in [6.45, 7) is 2.09. The van der Waals surface area contributed by atoms with E-state index in [1.165, 1.54) is 24.0 Å². The van der Waals surface area contributed by atoms with Crippen molar-refractivity contribution in [1.29, 1.82) is 0 Å². The minimum atomic E-state index is -4.81. The molecule has 3 heterocycles. The molecule has 1 amide bonds. The fraction of sp³-hybridized carbons (Fsp3) is 0.350. The Morgan fingerprint density at radius 2 is 2.00 bits per heavy atom. The van der Waals surface area contributed by atoms with Crippen LogP contribution in [0.3, 0.4) is 0 Å². The van der Waals surface area contributed by atoms with Crippen LogP contribution < -0.4 is 9.44 Å². The maximum atomic E-state index is 13.7. The van der Waals surface area contributed by atoms with Crippen LogP contribution >= 0.6 is 0 Å². The molecule has 0 saturated carbocycles. The Morgan fingerprint density at radius 1 is 1.24 bits per heavy atom. The Balaban J connectivity index is 1.93. The van der Waals surface area contributed by atoms with Crippen LogP contribution in [-0.2, 0) is 28.2 Å². The van der Waals surface area contributed by atoms with Crippen LogP contribution in [0.4, 0.5) is 13.2 Å². The number of aromatic nitrogens is 4. The van der Waals surface area contributed by atoms with Gasteiger partial charge in [-0.3, -0.25) is 14.0 Å². The number of unbranched alkanes of at least 4 members (excludes halogenated alkanes) is 2. The quantitative estimate of drug-likeness (QED) is 0.358. The molecule has 0 atom stereocenters. The highest BCUT2D eigenvalue weighted by molar-refractivity contribution is 7.88. The van der Waals surface area contributed by atoms with Gasteiger partial charge in [-0.05, 0) is 30.7 Å². The number of rotatable bonds is 9. The highest BCUT2D eigenvalue weighted by Gasteiger charge is 2.38. The standard InChI is InChI=1S/C20H23F3N6O3S/c1-3-4-5-12-25-33(31,32)27-16(30)9-8-15-17(20(21,22)23)26-28(2)19(15)29-13-10-14-7-6-11-24-18(14)29/h6-11,13,25H,3-5,12H2,1-2H3,(H,27,30). The van der Waals surface area contributed by atoms with Crippen LogP contribution in [0.15, 0.2) is 36.7 Å². The molecule has 0 aliphatic rings. The van der Waals surface area contributed by atoms with Gasteiger partial charge < -0.3 is 0 Å². The normalized spacial score (nSPS) is 12.6. The second-order valence-corrected chi connectivity index (χ2v) is 8.71. The largest absolute Gasteiger partial charge is 0.435 e. The molecule has 178 valence electrons. The third kappa shape index (κ3) is 5.79. The fourth-order valence-electron chi connectivity index (χ4n) is 3.26. The molecule has 33 heavy (non-hydrogen) atoms. The van der Waals surface area contributed by atoms with Gasteiger partial charge in [0.05, 0.1) is 5.56 Å². The number of aryl methyl sites for hydroxylation is 1. The number of hydrogen-bond acceptors (Lipinski definition) is 5. The Kier molecular flexibility index (Phi) is 7.22. The maximum absolute atomic E-state index is 13.7. The summed E-state index contributed by atoms with van der Waals surface area (Å²) >= 11 is 0. The maximum Gasteiger partial charge on any atom is 0.435 e. The molecule has 2 N–H and O–H groups in total. The first kappa shape index (κ1) is 24.5. The Morgan fingerprint density at radius 3 is 2.70 bits per heavy atom. The minimum Gasteiger partial charge on any atom is -0.285 e. The predicted octanol–water partition coefficient (Wildman–Crippen LogP) is 2.93. The van der Waals surface area contributed by atoms with E-state index in [1.54, 1.807) is 22.9 Å². The molecule has 9 nitrogen and oxygen atoms in total. The van der Waals surface area contributed by atoms with E-state index in [0.29, 0.717) is 17.5 Å². The van der Waals surface area contributed by atoms with E-state index < -0.39 is 33.6 Å². The van der Waals surface area contributed by atoms with Crippen molar-refractivity contribution >= 4 is 33.2 Å². The lowest BCUT2D eigenvalue weighted by atomic mass is 10.2. The number of halogens is 3. The fourth-order valence-corrected chi connectivity index (χ4v) is 4.08. The summed E-state index contributed by atoms with van der Waals surface area (Å²) in [7, 11) is -2.81. The molecule has 3 rings (SSSR count). The van der Waals surface area contributed by atoms with Crippen LogP contribution in [0.2, 0.25) is 0 Å². The van der Waals surface area contributed by atoms with Crippen molar-refractivity contribution in [3.05, 3.63) is 47.9 Å². The third-order valence-electron chi connectivity index (χ3n) is 4.71. The summed E-state index contributed by atoms with van der Waals surface area (Å²) in [4.78, 5) is 16.4. The van der Waals surface area contributed by atoms with Gasteiger partial charge in [0, 0.05) is 37.4 Å². The molecular formula is C20H23F3N6O3S. The Hall–Kier alpha value is -3.19. The van der Waals surface area contributed by atoms with E-state index in [9.17, 15) is 26.4 Å². The second-order valence-electron chi connectivity index (χ2n) is 7.21. The average Bonchev–Trinajstić information content (AvgIpc) is 3.29. The number of carbonyl (C=O) groups is 1. The molecule has 0 unspecified atom stereocenters. The van der Waals surface area contributed by atoms with Crippen molar-refractivity contribution in [2.45, 2.75) is 32.4 Å². The number of carbonyl (C=O) groups excluding carboxylic acids is 1. The van der Waals surface area contributed by atoms with Crippen molar-refractivity contribution < 1.29 is 26.4 Å². The summed E-state index contributed by atoms with van der Waals surface area (Å²) in [5, 5.41) is 4.28. The number of nitrogens with zero attached hydrogens (tertiary/aromatic N) is 4. The van der Waals surface area contributed by atoms with Gasteiger partial charge in [-0.1, -0.05) is 19.8 Å².